The molecule has 2 aromatic carbocycles. The zero-order valence-corrected chi connectivity index (χ0v) is 15.0. The quantitative estimate of drug-likeness (QED) is 0.614. The van der Waals surface area contributed by atoms with Gasteiger partial charge < -0.3 is 4.74 Å². The molecule has 0 amide bonds. The van der Waals surface area contributed by atoms with Crippen molar-refractivity contribution in [2.45, 2.75) is 18.7 Å². The van der Waals surface area contributed by atoms with Crippen LogP contribution in [0.15, 0.2) is 47.4 Å². The summed E-state index contributed by atoms with van der Waals surface area (Å²) in [5, 5.41) is 0. The van der Waals surface area contributed by atoms with Crippen LogP contribution in [0.25, 0.3) is 6.08 Å². The van der Waals surface area contributed by atoms with Gasteiger partial charge in [-0.1, -0.05) is 24.3 Å². The summed E-state index contributed by atoms with van der Waals surface area (Å²) in [6.45, 7) is 4.05. The van der Waals surface area contributed by atoms with Gasteiger partial charge in [-0.2, -0.15) is 0 Å². The standard InChI is InChI=1S/C19H20O4S/c1-13-5-6-15(11-14(13)2)7-9-17(20)16-8-10-19(24(4,21)22)18(12-16)23-3/h5-12H,1-4H3/b9-7+. The molecule has 0 aliphatic heterocycles. The van der Waals surface area contributed by atoms with E-state index in [0.717, 1.165) is 17.4 Å². The first kappa shape index (κ1) is 17.9. The van der Waals surface area contributed by atoms with Gasteiger partial charge in [0, 0.05) is 11.8 Å². The third-order valence-electron chi connectivity index (χ3n) is 3.81. The number of sulfone groups is 1. The van der Waals surface area contributed by atoms with E-state index in [1.54, 1.807) is 6.08 Å². The van der Waals surface area contributed by atoms with E-state index in [2.05, 4.69) is 0 Å². The maximum atomic E-state index is 12.3. The largest absolute Gasteiger partial charge is 0.495 e. The number of benzene rings is 2. The first-order valence-electron chi connectivity index (χ1n) is 7.40. The molecule has 0 saturated carbocycles. The van der Waals surface area contributed by atoms with Gasteiger partial charge in [-0.05, 0) is 54.8 Å². The van der Waals surface area contributed by atoms with E-state index in [4.69, 9.17) is 4.74 Å². The average molecular weight is 344 g/mol. The van der Waals surface area contributed by atoms with Gasteiger partial charge in [-0.3, -0.25) is 4.79 Å². The highest BCUT2D eigenvalue weighted by Gasteiger charge is 2.16. The highest BCUT2D eigenvalue weighted by molar-refractivity contribution is 7.90. The van der Waals surface area contributed by atoms with Gasteiger partial charge in [0.15, 0.2) is 15.6 Å². The fourth-order valence-electron chi connectivity index (χ4n) is 2.26. The molecule has 0 saturated heterocycles. The first-order valence-corrected chi connectivity index (χ1v) is 9.29. The molecule has 0 N–H and O–H groups in total. The molecule has 0 heterocycles. The molecule has 0 bridgehead atoms. The van der Waals surface area contributed by atoms with Crippen LogP contribution in [0, 0.1) is 13.8 Å². The fraction of sp³-hybridized carbons (Fsp3) is 0.211. The minimum absolute atomic E-state index is 0.0692. The monoisotopic (exact) mass is 344 g/mol. The first-order chi connectivity index (χ1) is 11.2. The summed E-state index contributed by atoms with van der Waals surface area (Å²) in [6.07, 6.45) is 4.32. The van der Waals surface area contributed by atoms with Crippen molar-refractivity contribution in [1.82, 2.24) is 0 Å². The summed E-state index contributed by atoms with van der Waals surface area (Å²) in [4.78, 5) is 12.4. The lowest BCUT2D eigenvalue weighted by Gasteiger charge is -2.08. The van der Waals surface area contributed by atoms with Gasteiger partial charge in [-0.25, -0.2) is 8.42 Å². The Hall–Kier alpha value is -2.40. The molecular formula is C19H20O4S. The third-order valence-corrected chi connectivity index (χ3v) is 4.94. The molecule has 0 fully saturated rings. The molecule has 0 atom stereocenters. The highest BCUT2D eigenvalue weighted by Crippen LogP contribution is 2.25. The van der Waals surface area contributed by atoms with Crippen LogP contribution in [0.2, 0.25) is 0 Å². The Bertz CT molecular complexity index is 909. The molecule has 0 aliphatic rings. The van der Waals surface area contributed by atoms with Crippen molar-refractivity contribution in [2.75, 3.05) is 13.4 Å². The Kier molecular flexibility index (Phi) is 5.24. The number of rotatable bonds is 5. The predicted octanol–water partition coefficient (Wildman–Crippen LogP) is 3.61. The van der Waals surface area contributed by atoms with Crippen molar-refractivity contribution >= 4 is 21.7 Å². The van der Waals surface area contributed by atoms with E-state index in [1.165, 1.54) is 36.9 Å². The Morgan fingerprint density at radius 3 is 2.33 bits per heavy atom. The number of aryl methyl sites for hydroxylation is 2. The number of ether oxygens (including phenoxy) is 1. The van der Waals surface area contributed by atoms with Crippen LogP contribution >= 0.6 is 0 Å². The van der Waals surface area contributed by atoms with Crippen LogP contribution in [0.5, 0.6) is 5.75 Å². The van der Waals surface area contributed by atoms with E-state index in [0.29, 0.717) is 5.56 Å². The van der Waals surface area contributed by atoms with E-state index in [-0.39, 0.29) is 16.4 Å². The molecule has 2 aromatic rings. The second kappa shape index (κ2) is 7.01. The lowest BCUT2D eigenvalue weighted by molar-refractivity contribution is 0.104. The molecule has 24 heavy (non-hydrogen) atoms. The molecule has 2 rings (SSSR count). The summed E-state index contributed by atoms with van der Waals surface area (Å²) in [6, 6.07) is 10.3. The van der Waals surface area contributed by atoms with Crippen molar-refractivity contribution in [2.24, 2.45) is 0 Å². The predicted molar refractivity (Wildman–Crippen MR) is 95.4 cm³/mol. The smallest absolute Gasteiger partial charge is 0.185 e. The third kappa shape index (κ3) is 4.11. The lowest BCUT2D eigenvalue weighted by Crippen LogP contribution is -2.03. The van der Waals surface area contributed by atoms with Crippen LogP contribution in [-0.4, -0.2) is 27.6 Å². The molecule has 0 aliphatic carbocycles. The minimum atomic E-state index is -3.41. The van der Waals surface area contributed by atoms with E-state index in [9.17, 15) is 13.2 Å². The fourth-order valence-corrected chi connectivity index (χ4v) is 3.09. The number of hydrogen-bond acceptors (Lipinski definition) is 4. The molecule has 0 spiro atoms. The van der Waals surface area contributed by atoms with Gasteiger partial charge in [0.05, 0.1) is 7.11 Å². The maximum Gasteiger partial charge on any atom is 0.185 e. The van der Waals surface area contributed by atoms with E-state index < -0.39 is 9.84 Å². The lowest BCUT2D eigenvalue weighted by atomic mass is 10.0. The van der Waals surface area contributed by atoms with E-state index >= 15 is 0 Å². The second-order valence-corrected chi connectivity index (χ2v) is 7.66. The number of ketones is 1. The Labute approximate surface area is 142 Å². The van der Waals surface area contributed by atoms with Gasteiger partial charge in [0.25, 0.3) is 0 Å². The minimum Gasteiger partial charge on any atom is -0.495 e. The van der Waals surface area contributed by atoms with Crippen molar-refractivity contribution in [3.8, 4) is 5.75 Å². The summed E-state index contributed by atoms with van der Waals surface area (Å²) >= 11 is 0. The van der Waals surface area contributed by atoms with Crippen molar-refractivity contribution in [1.29, 1.82) is 0 Å². The highest BCUT2D eigenvalue weighted by atomic mass is 32.2. The topological polar surface area (TPSA) is 60.4 Å². The molecule has 126 valence electrons. The molecule has 0 radical (unpaired) electrons. The van der Waals surface area contributed by atoms with Gasteiger partial charge in [-0.15, -0.1) is 0 Å². The molecule has 0 aromatic heterocycles. The van der Waals surface area contributed by atoms with Crippen LogP contribution < -0.4 is 4.74 Å². The van der Waals surface area contributed by atoms with Crippen molar-refractivity contribution in [3.63, 3.8) is 0 Å². The van der Waals surface area contributed by atoms with Gasteiger partial charge >= 0.3 is 0 Å². The van der Waals surface area contributed by atoms with Crippen molar-refractivity contribution < 1.29 is 17.9 Å². The maximum absolute atomic E-state index is 12.3. The summed E-state index contributed by atoms with van der Waals surface area (Å²) in [5.41, 5.74) is 3.66. The molecule has 4 nitrogen and oxygen atoms in total. The number of carbonyl (C=O) groups is 1. The second-order valence-electron chi connectivity index (χ2n) is 5.68. The zero-order chi connectivity index (χ0) is 17.9. The number of allylic oxidation sites excluding steroid dienone is 1. The average Bonchev–Trinajstić information content (AvgIpc) is 2.54. The van der Waals surface area contributed by atoms with E-state index in [1.807, 2.05) is 32.0 Å². The van der Waals surface area contributed by atoms with Crippen LogP contribution in [0.1, 0.15) is 27.0 Å². The number of hydrogen-bond donors (Lipinski definition) is 0. The summed E-state index contributed by atoms with van der Waals surface area (Å²) in [7, 11) is -2.03. The van der Waals surface area contributed by atoms with Crippen LogP contribution in [-0.2, 0) is 9.84 Å². The van der Waals surface area contributed by atoms with Gasteiger partial charge in [0.1, 0.15) is 10.6 Å². The summed E-state index contributed by atoms with van der Waals surface area (Å²) in [5.74, 6) is -0.0468. The molecular weight excluding hydrogens is 324 g/mol. The normalized spacial score (nSPS) is 11.7. The SMILES string of the molecule is COc1cc(C(=O)/C=C/c2ccc(C)c(C)c2)ccc1S(C)(=O)=O. The van der Waals surface area contributed by atoms with Crippen LogP contribution in [0.4, 0.5) is 0 Å². The zero-order valence-electron chi connectivity index (χ0n) is 14.2. The Balaban J connectivity index is 2.29. The molecule has 5 heteroatoms. The molecule has 0 unspecified atom stereocenters. The van der Waals surface area contributed by atoms with Crippen LogP contribution in [0.3, 0.4) is 0 Å². The number of carbonyl (C=O) groups excluding carboxylic acids is 1. The summed E-state index contributed by atoms with van der Waals surface area (Å²) < 4.78 is 28.5. The number of methoxy groups -OCH3 is 1. The van der Waals surface area contributed by atoms with Gasteiger partial charge in [0.2, 0.25) is 0 Å². The Morgan fingerprint density at radius 2 is 1.75 bits per heavy atom. The van der Waals surface area contributed by atoms with Crippen molar-refractivity contribution in [3.05, 3.63) is 64.7 Å². The Morgan fingerprint density at radius 1 is 1.04 bits per heavy atom.